The average Bonchev–Trinajstić information content (AvgIpc) is 2.61. The van der Waals surface area contributed by atoms with E-state index in [0.29, 0.717) is 6.54 Å². The van der Waals surface area contributed by atoms with E-state index in [-0.39, 0.29) is 18.2 Å². The van der Waals surface area contributed by atoms with Crippen molar-refractivity contribution in [3.05, 3.63) is 69.7 Å². The van der Waals surface area contributed by atoms with Crippen molar-refractivity contribution in [1.29, 1.82) is 0 Å². The molecule has 0 radical (unpaired) electrons. The van der Waals surface area contributed by atoms with E-state index in [4.69, 9.17) is 0 Å². The van der Waals surface area contributed by atoms with Crippen molar-refractivity contribution in [2.75, 3.05) is 7.05 Å². The molecule has 2 aromatic rings. The topological polar surface area (TPSA) is 49.4 Å². The molecule has 5 heteroatoms. The molecule has 0 saturated carbocycles. The normalized spacial score (nSPS) is 11.7. The highest BCUT2D eigenvalue weighted by atomic mass is 79.9. The van der Waals surface area contributed by atoms with Crippen LogP contribution >= 0.6 is 15.9 Å². The number of halogens is 1. The first kappa shape index (κ1) is 19.2. The highest BCUT2D eigenvalue weighted by Gasteiger charge is 2.25. The Hall–Kier alpha value is -2.14. The molecule has 0 fully saturated rings. The Labute approximate surface area is 157 Å². The molecule has 1 atom stereocenters. The smallest absolute Gasteiger partial charge is 0.242 e. The highest BCUT2D eigenvalue weighted by Crippen LogP contribution is 2.16. The van der Waals surface area contributed by atoms with Gasteiger partial charge in [-0.3, -0.25) is 9.59 Å². The van der Waals surface area contributed by atoms with Crippen LogP contribution in [0.4, 0.5) is 0 Å². The van der Waals surface area contributed by atoms with Gasteiger partial charge >= 0.3 is 0 Å². The summed E-state index contributed by atoms with van der Waals surface area (Å²) < 4.78 is 0.980. The number of carbonyl (C=O) groups is 2. The molecule has 25 heavy (non-hydrogen) atoms. The number of nitrogens with zero attached hydrogens (tertiary/aromatic N) is 1. The van der Waals surface area contributed by atoms with E-state index in [1.54, 1.807) is 18.9 Å². The summed E-state index contributed by atoms with van der Waals surface area (Å²) in [5.41, 5.74) is 3.04. The van der Waals surface area contributed by atoms with Gasteiger partial charge in [-0.2, -0.15) is 0 Å². The molecule has 2 aromatic carbocycles. The third kappa shape index (κ3) is 5.16. The Morgan fingerprint density at radius 2 is 1.76 bits per heavy atom. The molecular formula is C20H23BrN2O2. The van der Waals surface area contributed by atoms with E-state index in [1.165, 1.54) is 0 Å². The van der Waals surface area contributed by atoms with Crippen LogP contribution in [0.1, 0.15) is 23.6 Å². The van der Waals surface area contributed by atoms with Gasteiger partial charge in [0.1, 0.15) is 6.04 Å². The number of hydrogen-bond donors (Lipinski definition) is 1. The number of amides is 2. The van der Waals surface area contributed by atoms with Crippen molar-refractivity contribution in [3.8, 4) is 0 Å². The molecule has 0 unspecified atom stereocenters. The fourth-order valence-corrected chi connectivity index (χ4v) is 2.92. The Balaban J connectivity index is 2.23. The Morgan fingerprint density at radius 3 is 2.36 bits per heavy atom. The van der Waals surface area contributed by atoms with Crippen molar-refractivity contribution in [2.24, 2.45) is 0 Å². The van der Waals surface area contributed by atoms with Crippen molar-refractivity contribution in [3.63, 3.8) is 0 Å². The SMILES string of the molecule is CNC(=O)[C@@H](C)N(Cc1ccc(Br)cc1)C(=O)Cc1ccccc1C. The summed E-state index contributed by atoms with van der Waals surface area (Å²) in [6.07, 6.45) is 0.282. The molecule has 0 aromatic heterocycles. The van der Waals surface area contributed by atoms with Crippen molar-refractivity contribution in [1.82, 2.24) is 10.2 Å². The molecule has 0 spiro atoms. The maximum atomic E-state index is 12.9. The van der Waals surface area contributed by atoms with Gasteiger partial charge in [-0.15, -0.1) is 0 Å². The van der Waals surface area contributed by atoms with Crippen LogP contribution in [-0.4, -0.2) is 29.8 Å². The lowest BCUT2D eigenvalue weighted by molar-refractivity contribution is -0.139. The number of rotatable bonds is 6. The van der Waals surface area contributed by atoms with Crippen LogP contribution in [-0.2, 0) is 22.6 Å². The summed E-state index contributed by atoms with van der Waals surface area (Å²) in [6, 6.07) is 15.1. The van der Waals surface area contributed by atoms with Gasteiger partial charge in [0.15, 0.2) is 0 Å². The molecule has 0 aliphatic heterocycles. The summed E-state index contributed by atoms with van der Waals surface area (Å²) in [6.45, 7) is 4.14. The van der Waals surface area contributed by atoms with E-state index in [9.17, 15) is 9.59 Å². The second kappa shape index (κ2) is 8.81. The third-order valence-electron chi connectivity index (χ3n) is 4.28. The van der Waals surface area contributed by atoms with Crippen molar-refractivity contribution >= 4 is 27.7 Å². The Kier molecular flexibility index (Phi) is 6.76. The minimum absolute atomic E-state index is 0.0617. The summed E-state index contributed by atoms with van der Waals surface area (Å²) in [7, 11) is 1.59. The summed E-state index contributed by atoms with van der Waals surface area (Å²) >= 11 is 3.41. The fourth-order valence-electron chi connectivity index (χ4n) is 2.65. The van der Waals surface area contributed by atoms with Crippen LogP contribution in [0, 0.1) is 6.92 Å². The van der Waals surface area contributed by atoms with Gasteiger partial charge in [0, 0.05) is 18.1 Å². The largest absolute Gasteiger partial charge is 0.357 e. The van der Waals surface area contributed by atoms with Crippen molar-refractivity contribution < 1.29 is 9.59 Å². The van der Waals surface area contributed by atoms with Gasteiger partial charge in [0.25, 0.3) is 0 Å². The first-order chi connectivity index (χ1) is 11.9. The first-order valence-corrected chi connectivity index (χ1v) is 9.01. The Morgan fingerprint density at radius 1 is 1.12 bits per heavy atom. The molecule has 0 aliphatic rings. The van der Waals surface area contributed by atoms with Crippen LogP contribution in [0.3, 0.4) is 0 Å². The lowest BCUT2D eigenvalue weighted by atomic mass is 10.0. The number of hydrogen-bond acceptors (Lipinski definition) is 2. The van der Waals surface area contributed by atoms with Gasteiger partial charge in [0.05, 0.1) is 6.42 Å². The third-order valence-corrected chi connectivity index (χ3v) is 4.81. The van der Waals surface area contributed by atoms with Crippen LogP contribution in [0.25, 0.3) is 0 Å². The van der Waals surface area contributed by atoms with Crippen LogP contribution in [0.5, 0.6) is 0 Å². The number of nitrogens with one attached hydrogen (secondary N) is 1. The summed E-state index contributed by atoms with van der Waals surface area (Å²) in [5, 5.41) is 2.63. The van der Waals surface area contributed by atoms with E-state index in [0.717, 1.165) is 21.2 Å². The van der Waals surface area contributed by atoms with Crippen LogP contribution < -0.4 is 5.32 Å². The van der Waals surface area contributed by atoms with Crippen LogP contribution in [0.2, 0.25) is 0 Å². The lowest BCUT2D eigenvalue weighted by Crippen LogP contribution is -2.47. The maximum Gasteiger partial charge on any atom is 0.242 e. The zero-order valence-corrected chi connectivity index (χ0v) is 16.3. The summed E-state index contributed by atoms with van der Waals surface area (Å²) in [4.78, 5) is 26.7. The van der Waals surface area contributed by atoms with E-state index in [2.05, 4.69) is 21.2 Å². The van der Waals surface area contributed by atoms with Gasteiger partial charge < -0.3 is 10.2 Å². The van der Waals surface area contributed by atoms with E-state index >= 15 is 0 Å². The fraction of sp³-hybridized carbons (Fsp3) is 0.300. The first-order valence-electron chi connectivity index (χ1n) is 8.22. The molecular weight excluding hydrogens is 380 g/mol. The molecule has 1 N–H and O–H groups in total. The standard InChI is InChI=1S/C20H23BrN2O2/c1-14-6-4-5-7-17(14)12-19(24)23(15(2)20(25)22-3)13-16-8-10-18(21)11-9-16/h4-11,15H,12-13H2,1-3H3,(H,22,25)/t15-/m1/s1. The number of aryl methyl sites for hydroxylation is 1. The quantitative estimate of drug-likeness (QED) is 0.803. The zero-order chi connectivity index (χ0) is 18.4. The van der Waals surface area contributed by atoms with E-state index < -0.39 is 6.04 Å². The van der Waals surface area contributed by atoms with Crippen molar-refractivity contribution in [2.45, 2.75) is 32.9 Å². The number of carbonyl (C=O) groups excluding carboxylic acids is 2. The number of benzene rings is 2. The molecule has 0 aliphatic carbocycles. The molecule has 2 amide bonds. The second-order valence-corrected chi connectivity index (χ2v) is 6.96. The predicted molar refractivity (Wildman–Crippen MR) is 103 cm³/mol. The second-order valence-electron chi connectivity index (χ2n) is 6.04. The molecule has 0 bridgehead atoms. The molecule has 0 heterocycles. The highest BCUT2D eigenvalue weighted by molar-refractivity contribution is 9.10. The Bertz CT molecular complexity index is 744. The zero-order valence-electron chi connectivity index (χ0n) is 14.8. The van der Waals surface area contributed by atoms with Crippen LogP contribution in [0.15, 0.2) is 53.0 Å². The molecule has 0 saturated heterocycles. The maximum absolute atomic E-state index is 12.9. The van der Waals surface area contributed by atoms with Gasteiger partial charge in [-0.1, -0.05) is 52.3 Å². The van der Waals surface area contributed by atoms with Gasteiger partial charge in [-0.25, -0.2) is 0 Å². The van der Waals surface area contributed by atoms with Gasteiger partial charge in [-0.05, 0) is 42.7 Å². The molecule has 132 valence electrons. The molecule has 4 nitrogen and oxygen atoms in total. The summed E-state index contributed by atoms with van der Waals surface area (Å²) in [5.74, 6) is -0.233. The van der Waals surface area contributed by atoms with E-state index in [1.807, 2.05) is 55.5 Å². The minimum Gasteiger partial charge on any atom is -0.357 e. The number of likely N-dealkylation sites (N-methyl/N-ethyl adjacent to an activating group) is 1. The van der Waals surface area contributed by atoms with Gasteiger partial charge in [0.2, 0.25) is 11.8 Å². The minimum atomic E-state index is -0.537. The molecule has 2 rings (SSSR count). The lowest BCUT2D eigenvalue weighted by Gasteiger charge is -2.28. The average molecular weight is 403 g/mol. The predicted octanol–water partition coefficient (Wildman–Crippen LogP) is 3.46. The monoisotopic (exact) mass is 402 g/mol.